The van der Waals surface area contributed by atoms with Crippen LogP contribution in [0.4, 0.5) is 0 Å². The molecule has 0 aromatic carbocycles. The molecule has 3 nitrogen and oxygen atoms in total. The van der Waals surface area contributed by atoms with E-state index in [4.69, 9.17) is 9.47 Å². The molecule has 3 heteroatoms. The minimum absolute atomic E-state index is 0.00836. The Morgan fingerprint density at radius 1 is 1.12 bits per heavy atom. The summed E-state index contributed by atoms with van der Waals surface area (Å²) in [5.74, 6) is 1.81. The first-order chi connectivity index (χ1) is 7.77. The van der Waals surface area contributed by atoms with Crippen molar-refractivity contribution in [3.05, 3.63) is 0 Å². The quantitative estimate of drug-likeness (QED) is 0.586. The fourth-order valence-electron chi connectivity index (χ4n) is 4.73. The SMILES string of the molecule is CC1OC(=O)C2C3OC(C4CCCCC43)C12. The van der Waals surface area contributed by atoms with Crippen LogP contribution in [0.3, 0.4) is 0 Å². The van der Waals surface area contributed by atoms with Gasteiger partial charge in [-0.05, 0) is 31.6 Å². The summed E-state index contributed by atoms with van der Waals surface area (Å²) in [5, 5.41) is 0. The molecule has 7 atom stereocenters. The molecule has 0 amide bonds. The van der Waals surface area contributed by atoms with Gasteiger partial charge in [0.25, 0.3) is 0 Å². The van der Waals surface area contributed by atoms with Crippen molar-refractivity contribution in [3.63, 3.8) is 0 Å². The molecule has 0 aromatic rings. The van der Waals surface area contributed by atoms with Crippen LogP contribution in [0.2, 0.25) is 0 Å². The van der Waals surface area contributed by atoms with E-state index in [1.807, 2.05) is 6.92 Å². The van der Waals surface area contributed by atoms with Gasteiger partial charge in [0.2, 0.25) is 0 Å². The third-order valence-corrected chi connectivity index (χ3v) is 5.30. The molecule has 3 aliphatic heterocycles. The van der Waals surface area contributed by atoms with Gasteiger partial charge in [0.15, 0.2) is 0 Å². The normalized spacial score (nSPS) is 58.3. The third kappa shape index (κ3) is 0.963. The van der Waals surface area contributed by atoms with Gasteiger partial charge in [-0.1, -0.05) is 12.8 Å². The van der Waals surface area contributed by atoms with E-state index in [2.05, 4.69) is 0 Å². The van der Waals surface area contributed by atoms with Crippen molar-refractivity contribution in [2.75, 3.05) is 0 Å². The van der Waals surface area contributed by atoms with Crippen molar-refractivity contribution in [3.8, 4) is 0 Å². The van der Waals surface area contributed by atoms with Crippen molar-refractivity contribution < 1.29 is 14.3 Å². The highest BCUT2D eigenvalue weighted by Gasteiger charge is 2.66. The van der Waals surface area contributed by atoms with Gasteiger partial charge in [-0.25, -0.2) is 0 Å². The van der Waals surface area contributed by atoms with Crippen LogP contribution in [0.25, 0.3) is 0 Å². The molecule has 4 fully saturated rings. The fraction of sp³-hybridized carbons (Fsp3) is 0.923. The van der Waals surface area contributed by atoms with Crippen LogP contribution < -0.4 is 0 Å². The van der Waals surface area contributed by atoms with Gasteiger partial charge >= 0.3 is 5.97 Å². The van der Waals surface area contributed by atoms with Gasteiger partial charge in [-0.15, -0.1) is 0 Å². The highest BCUT2D eigenvalue weighted by atomic mass is 16.6. The summed E-state index contributed by atoms with van der Waals surface area (Å²) in [5.41, 5.74) is 0. The lowest BCUT2D eigenvalue weighted by atomic mass is 9.63. The molecule has 0 aromatic heterocycles. The Morgan fingerprint density at radius 3 is 2.56 bits per heavy atom. The Balaban J connectivity index is 1.71. The zero-order valence-electron chi connectivity index (χ0n) is 9.59. The Hall–Kier alpha value is -0.570. The molecule has 0 N–H and O–H groups in total. The van der Waals surface area contributed by atoms with Gasteiger partial charge in [-0.2, -0.15) is 0 Å². The van der Waals surface area contributed by atoms with Crippen LogP contribution in [0, 0.1) is 23.7 Å². The number of ether oxygens (including phenoxy) is 2. The predicted molar refractivity (Wildman–Crippen MR) is 56.6 cm³/mol. The number of rotatable bonds is 0. The molecule has 4 rings (SSSR count). The molecule has 16 heavy (non-hydrogen) atoms. The minimum Gasteiger partial charge on any atom is -0.462 e. The van der Waals surface area contributed by atoms with Crippen LogP contribution >= 0.6 is 0 Å². The first-order valence-electron chi connectivity index (χ1n) is 6.63. The Kier molecular flexibility index (Phi) is 1.78. The molecule has 4 aliphatic rings. The van der Waals surface area contributed by atoms with E-state index in [9.17, 15) is 4.79 Å². The maximum Gasteiger partial charge on any atom is 0.312 e. The van der Waals surface area contributed by atoms with Gasteiger partial charge in [0, 0.05) is 5.92 Å². The number of carbonyl (C=O) groups excluding carboxylic acids is 1. The van der Waals surface area contributed by atoms with E-state index in [0.717, 1.165) is 5.92 Å². The Morgan fingerprint density at radius 2 is 1.81 bits per heavy atom. The smallest absolute Gasteiger partial charge is 0.312 e. The van der Waals surface area contributed by atoms with Crippen LogP contribution in [0.5, 0.6) is 0 Å². The van der Waals surface area contributed by atoms with Crippen molar-refractivity contribution in [2.24, 2.45) is 23.7 Å². The van der Waals surface area contributed by atoms with Crippen molar-refractivity contribution in [1.82, 2.24) is 0 Å². The monoisotopic (exact) mass is 222 g/mol. The van der Waals surface area contributed by atoms with E-state index < -0.39 is 0 Å². The molecule has 7 unspecified atom stereocenters. The molecular weight excluding hydrogens is 204 g/mol. The van der Waals surface area contributed by atoms with Crippen molar-refractivity contribution in [2.45, 2.75) is 50.9 Å². The zero-order valence-corrected chi connectivity index (χ0v) is 9.59. The number of cyclic esters (lactones) is 1. The van der Waals surface area contributed by atoms with Gasteiger partial charge in [-0.3, -0.25) is 4.79 Å². The molecule has 3 heterocycles. The highest BCUT2D eigenvalue weighted by molar-refractivity contribution is 5.77. The molecule has 2 bridgehead atoms. The topological polar surface area (TPSA) is 35.5 Å². The van der Waals surface area contributed by atoms with Gasteiger partial charge < -0.3 is 9.47 Å². The molecular formula is C13H18O3. The lowest BCUT2D eigenvalue weighted by molar-refractivity contribution is -0.147. The lowest BCUT2D eigenvalue weighted by Crippen LogP contribution is -2.42. The van der Waals surface area contributed by atoms with Crippen LogP contribution in [-0.4, -0.2) is 24.3 Å². The number of hydrogen-bond donors (Lipinski definition) is 0. The van der Waals surface area contributed by atoms with E-state index in [0.29, 0.717) is 17.9 Å². The Bertz CT molecular complexity index is 340. The molecule has 1 aliphatic carbocycles. The first kappa shape index (κ1) is 9.46. The van der Waals surface area contributed by atoms with E-state index >= 15 is 0 Å². The van der Waals surface area contributed by atoms with Crippen molar-refractivity contribution in [1.29, 1.82) is 0 Å². The van der Waals surface area contributed by atoms with Crippen LogP contribution in [-0.2, 0) is 14.3 Å². The van der Waals surface area contributed by atoms with Crippen molar-refractivity contribution >= 4 is 5.97 Å². The summed E-state index contributed by atoms with van der Waals surface area (Å²) >= 11 is 0. The Labute approximate surface area is 95.5 Å². The van der Waals surface area contributed by atoms with E-state index in [-0.39, 0.29) is 24.1 Å². The van der Waals surface area contributed by atoms with E-state index in [1.165, 1.54) is 25.7 Å². The zero-order chi connectivity index (χ0) is 10.9. The largest absolute Gasteiger partial charge is 0.462 e. The fourth-order valence-corrected chi connectivity index (χ4v) is 4.73. The first-order valence-corrected chi connectivity index (χ1v) is 6.63. The third-order valence-electron chi connectivity index (χ3n) is 5.30. The molecule has 1 saturated carbocycles. The summed E-state index contributed by atoms with van der Waals surface area (Å²) in [6.45, 7) is 2.03. The van der Waals surface area contributed by atoms with E-state index in [1.54, 1.807) is 0 Å². The number of esters is 1. The maximum atomic E-state index is 11.8. The predicted octanol–water partition coefficient (Wildman–Crippen LogP) is 1.75. The van der Waals surface area contributed by atoms with Gasteiger partial charge in [0.1, 0.15) is 6.10 Å². The second-order valence-electron chi connectivity index (χ2n) is 5.92. The average Bonchev–Trinajstić information content (AvgIpc) is 2.91. The summed E-state index contributed by atoms with van der Waals surface area (Å²) in [6, 6.07) is 0. The number of fused-ring (bicyclic) bond motifs is 8. The summed E-state index contributed by atoms with van der Waals surface area (Å²) in [7, 11) is 0. The van der Waals surface area contributed by atoms with Gasteiger partial charge in [0.05, 0.1) is 18.1 Å². The second kappa shape index (κ2) is 3.00. The lowest BCUT2D eigenvalue weighted by Gasteiger charge is -2.36. The van der Waals surface area contributed by atoms with Crippen LogP contribution in [0.15, 0.2) is 0 Å². The minimum atomic E-state index is 0.00836. The standard InChI is InChI=1S/C13H18O3/c1-6-9-10(13(14)15-6)12-8-5-3-2-4-7(8)11(9)16-12/h6-12H,2-5H2,1H3. The summed E-state index contributed by atoms with van der Waals surface area (Å²) < 4.78 is 11.5. The highest BCUT2D eigenvalue weighted by Crippen LogP contribution is 2.58. The molecule has 88 valence electrons. The second-order valence-corrected chi connectivity index (χ2v) is 5.92. The maximum absolute atomic E-state index is 11.8. The summed E-state index contributed by atoms with van der Waals surface area (Å²) in [6.07, 6.45) is 5.81. The molecule has 0 spiro atoms. The number of carbonyl (C=O) groups is 1. The molecule has 3 saturated heterocycles. The number of hydrogen-bond acceptors (Lipinski definition) is 3. The molecule has 0 radical (unpaired) electrons. The average molecular weight is 222 g/mol. The summed E-state index contributed by atoms with van der Waals surface area (Å²) in [4.78, 5) is 11.8. The van der Waals surface area contributed by atoms with Crippen LogP contribution in [0.1, 0.15) is 32.6 Å².